The smallest absolute Gasteiger partial charge is 0.206 e. The largest absolute Gasteiger partial charge is 0.250 e. The van der Waals surface area contributed by atoms with Gasteiger partial charge in [-0.15, -0.1) is 0 Å². The van der Waals surface area contributed by atoms with Crippen molar-refractivity contribution in [3.63, 3.8) is 0 Å². The highest BCUT2D eigenvalue weighted by atomic mass is 32.2. The molecule has 2 aromatic rings. The van der Waals surface area contributed by atoms with E-state index in [0.29, 0.717) is 11.3 Å². The van der Waals surface area contributed by atoms with E-state index < -0.39 is 15.2 Å². The normalized spacial score (nSPS) is 11.6. The number of hydrogen-bond donors (Lipinski definition) is 1. The van der Waals surface area contributed by atoms with E-state index in [1.165, 1.54) is 6.07 Å². The Hall–Kier alpha value is -1.24. The zero-order valence-corrected chi connectivity index (χ0v) is 10.4. The van der Waals surface area contributed by atoms with Gasteiger partial charge in [-0.25, -0.2) is 13.1 Å². The van der Waals surface area contributed by atoms with E-state index in [9.17, 15) is 12.8 Å². The molecule has 90 valence electrons. The Bertz CT molecular complexity index is 593. The van der Waals surface area contributed by atoms with Crippen molar-refractivity contribution in [1.29, 1.82) is 0 Å². The Labute approximate surface area is 103 Å². The summed E-state index contributed by atoms with van der Waals surface area (Å²) in [6.45, 7) is 0.197. The van der Waals surface area contributed by atoms with Crippen molar-refractivity contribution in [2.24, 2.45) is 0 Å². The van der Waals surface area contributed by atoms with Crippen LogP contribution >= 0.6 is 11.3 Å². The summed E-state index contributed by atoms with van der Waals surface area (Å²) in [6.07, 6.45) is 0. The maximum absolute atomic E-state index is 12.7. The molecule has 1 aromatic heterocycles. The Morgan fingerprint density at radius 2 is 1.82 bits per heavy atom. The molecule has 0 radical (unpaired) electrons. The first kappa shape index (κ1) is 12.2. The standard InChI is InChI=1S/C11H10FNO2S2/c12-10-6-7-11(16-10)17(14,15)13-8-9-4-2-1-3-5-9/h1-7,13H,8H2. The summed E-state index contributed by atoms with van der Waals surface area (Å²) in [5.41, 5.74) is 0.855. The third kappa shape index (κ3) is 3.12. The summed E-state index contributed by atoms with van der Waals surface area (Å²) in [7, 11) is -3.61. The highest BCUT2D eigenvalue weighted by molar-refractivity contribution is 7.91. The monoisotopic (exact) mass is 271 g/mol. The van der Waals surface area contributed by atoms with Crippen LogP contribution < -0.4 is 4.72 Å². The molecule has 0 aliphatic carbocycles. The van der Waals surface area contributed by atoms with Crippen molar-refractivity contribution in [3.8, 4) is 0 Å². The molecule has 0 bridgehead atoms. The van der Waals surface area contributed by atoms with E-state index in [0.717, 1.165) is 11.6 Å². The van der Waals surface area contributed by atoms with E-state index in [4.69, 9.17) is 0 Å². The fourth-order valence-corrected chi connectivity index (χ4v) is 3.35. The summed E-state index contributed by atoms with van der Waals surface area (Å²) >= 11 is 0.613. The molecule has 0 aliphatic heterocycles. The third-order valence-corrected chi connectivity index (χ3v) is 4.89. The van der Waals surface area contributed by atoms with Crippen molar-refractivity contribution in [3.05, 3.63) is 53.2 Å². The molecule has 0 atom stereocenters. The van der Waals surface area contributed by atoms with Gasteiger partial charge < -0.3 is 0 Å². The predicted octanol–water partition coefficient (Wildman–Crippen LogP) is 2.37. The molecule has 2 rings (SSSR count). The first-order chi connectivity index (χ1) is 8.08. The highest BCUT2D eigenvalue weighted by Crippen LogP contribution is 2.19. The zero-order valence-electron chi connectivity index (χ0n) is 8.76. The molecular weight excluding hydrogens is 261 g/mol. The average Bonchev–Trinajstić information content (AvgIpc) is 2.76. The van der Waals surface area contributed by atoms with Crippen molar-refractivity contribution >= 4 is 21.4 Å². The number of thiophene rings is 1. The van der Waals surface area contributed by atoms with Crippen molar-refractivity contribution in [2.75, 3.05) is 0 Å². The van der Waals surface area contributed by atoms with E-state index in [1.54, 1.807) is 0 Å². The van der Waals surface area contributed by atoms with Gasteiger partial charge in [-0.2, -0.15) is 4.39 Å². The summed E-state index contributed by atoms with van der Waals surface area (Å²) in [5, 5.41) is -0.509. The van der Waals surface area contributed by atoms with Gasteiger partial charge in [0.05, 0.1) is 0 Å². The number of sulfonamides is 1. The Morgan fingerprint density at radius 3 is 2.41 bits per heavy atom. The van der Waals surface area contributed by atoms with Crippen LogP contribution in [0.5, 0.6) is 0 Å². The van der Waals surface area contributed by atoms with Gasteiger partial charge in [-0.3, -0.25) is 0 Å². The Kier molecular flexibility index (Phi) is 3.56. The van der Waals surface area contributed by atoms with Gasteiger partial charge in [0.2, 0.25) is 10.0 Å². The lowest BCUT2D eigenvalue weighted by atomic mass is 10.2. The molecule has 0 unspecified atom stereocenters. The van der Waals surface area contributed by atoms with Gasteiger partial charge in [0.15, 0.2) is 5.13 Å². The minimum absolute atomic E-state index is 0.00840. The van der Waals surface area contributed by atoms with Crippen LogP contribution in [0, 0.1) is 5.13 Å². The maximum atomic E-state index is 12.7. The van der Waals surface area contributed by atoms with Gasteiger partial charge in [-0.05, 0) is 17.7 Å². The fourth-order valence-electron chi connectivity index (χ4n) is 1.29. The topological polar surface area (TPSA) is 46.2 Å². The molecule has 1 N–H and O–H groups in total. The Balaban J connectivity index is 2.09. The quantitative estimate of drug-likeness (QED) is 0.928. The van der Waals surface area contributed by atoms with Crippen molar-refractivity contribution in [1.82, 2.24) is 4.72 Å². The zero-order chi connectivity index (χ0) is 12.3. The summed E-state index contributed by atoms with van der Waals surface area (Å²) in [6, 6.07) is 11.5. The van der Waals surface area contributed by atoms with E-state index in [2.05, 4.69) is 4.72 Å². The van der Waals surface area contributed by atoms with Gasteiger partial charge >= 0.3 is 0 Å². The van der Waals surface area contributed by atoms with Crippen LogP contribution in [-0.4, -0.2) is 8.42 Å². The first-order valence-electron chi connectivity index (χ1n) is 4.87. The summed E-state index contributed by atoms with van der Waals surface area (Å²) in [4.78, 5) is 0. The molecular formula is C11H10FNO2S2. The second-order valence-corrected chi connectivity index (χ2v) is 6.40. The molecule has 3 nitrogen and oxygen atoms in total. The van der Waals surface area contributed by atoms with Crippen LogP contribution in [0.1, 0.15) is 5.56 Å². The fraction of sp³-hybridized carbons (Fsp3) is 0.0909. The Morgan fingerprint density at radius 1 is 1.12 bits per heavy atom. The van der Waals surface area contributed by atoms with Crippen molar-refractivity contribution < 1.29 is 12.8 Å². The second kappa shape index (κ2) is 4.95. The number of hydrogen-bond acceptors (Lipinski definition) is 3. The molecule has 0 saturated carbocycles. The molecule has 0 saturated heterocycles. The molecule has 1 heterocycles. The molecule has 0 amide bonds. The number of benzene rings is 1. The molecule has 0 spiro atoms. The van der Waals surface area contributed by atoms with Gasteiger partial charge in [0, 0.05) is 6.54 Å². The number of halogens is 1. The molecule has 1 aromatic carbocycles. The first-order valence-corrected chi connectivity index (χ1v) is 7.17. The lowest BCUT2D eigenvalue weighted by Gasteiger charge is -2.04. The third-order valence-electron chi connectivity index (χ3n) is 2.12. The van der Waals surface area contributed by atoms with Gasteiger partial charge in [0.25, 0.3) is 0 Å². The predicted molar refractivity (Wildman–Crippen MR) is 64.7 cm³/mol. The van der Waals surface area contributed by atoms with Crippen LogP contribution in [0.4, 0.5) is 4.39 Å². The van der Waals surface area contributed by atoms with Gasteiger partial charge in [-0.1, -0.05) is 41.7 Å². The molecule has 17 heavy (non-hydrogen) atoms. The van der Waals surface area contributed by atoms with E-state index in [-0.39, 0.29) is 10.8 Å². The van der Waals surface area contributed by atoms with E-state index in [1.807, 2.05) is 30.3 Å². The lowest BCUT2D eigenvalue weighted by molar-refractivity contribution is 0.583. The van der Waals surface area contributed by atoms with Crippen LogP contribution in [0.2, 0.25) is 0 Å². The van der Waals surface area contributed by atoms with Crippen LogP contribution in [0.3, 0.4) is 0 Å². The van der Waals surface area contributed by atoms with Crippen LogP contribution in [0.15, 0.2) is 46.7 Å². The van der Waals surface area contributed by atoms with E-state index >= 15 is 0 Å². The number of rotatable bonds is 4. The summed E-state index contributed by atoms with van der Waals surface area (Å²) < 4.78 is 38.7. The van der Waals surface area contributed by atoms with Crippen LogP contribution in [0.25, 0.3) is 0 Å². The van der Waals surface area contributed by atoms with Gasteiger partial charge in [0.1, 0.15) is 4.21 Å². The molecule has 0 aliphatic rings. The molecule has 0 fully saturated rings. The maximum Gasteiger partial charge on any atom is 0.250 e. The lowest BCUT2D eigenvalue weighted by Crippen LogP contribution is -2.22. The molecule has 6 heteroatoms. The minimum atomic E-state index is -3.61. The SMILES string of the molecule is O=S(=O)(NCc1ccccc1)c1ccc(F)s1. The average molecular weight is 271 g/mol. The summed E-state index contributed by atoms with van der Waals surface area (Å²) in [5.74, 6) is 0. The highest BCUT2D eigenvalue weighted by Gasteiger charge is 2.16. The van der Waals surface area contributed by atoms with Crippen LogP contribution in [-0.2, 0) is 16.6 Å². The van der Waals surface area contributed by atoms with Crippen molar-refractivity contribution in [2.45, 2.75) is 10.8 Å². The number of nitrogens with one attached hydrogen (secondary N) is 1. The minimum Gasteiger partial charge on any atom is -0.206 e. The second-order valence-electron chi connectivity index (χ2n) is 3.37.